The number of allylic oxidation sites excluding steroid dienone is 1. The molecule has 0 saturated carbocycles. The Morgan fingerprint density at radius 1 is 1.00 bits per heavy atom. The van der Waals surface area contributed by atoms with Crippen molar-refractivity contribution in [3.05, 3.63) is 134 Å². The van der Waals surface area contributed by atoms with E-state index in [1.54, 1.807) is 31.2 Å². The third kappa shape index (κ3) is 7.05. The first kappa shape index (κ1) is 32.3. The standard InChI is InChI=1S/C33H33F2N5O6/c1-20-27(28(29(32(41)42)31(36)37-20)23-3-2-4-26(19-23)40(44)45)33(43)46-18-17-38-13-15-39(16-14-38)30(21-5-9-24(34)10-6-21)22-7-11-25(35)12-8-22/h2-12,19,28,30,37H,13-18,36H2,1H3,(H,41,42). The fourth-order valence-corrected chi connectivity index (χ4v) is 6.01. The van der Waals surface area contributed by atoms with E-state index < -0.39 is 22.8 Å². The van der Waals surface area contributed by atoms with Crippen molar-refractivity contribution in [2.75, 3.05) is 39.3 Å². The minimum atomic E-state index is -1.38. The van der Waals surface area contributed by atoms with E-state index >= 15 is 0 Å². The summed E-state index contributed by atoms with van der Waals surface area (Å²) < 4.78 is 33.0. The van der Waals surface area contributed by atoms with Crippen molar-refractivity contribution >= 4 is 17.6 Å². The number of nitro groups is 1. The van der Waals surface area contributed by atoms with Crippen LogP contribution in [0.2, 0.25) is 0 Å². The second-order valence-corrected chi connectivity index (χ2v) is 11.1. The van der Waals surface area contributed by atoms with Crippen LogP contribution in [-0.2, 0) is 14.3 Å². The van der Waals surface area contributed by atoms with Crippen molar-refractivity contribution < 1.29 is 33.1 Å². The number of aliphatic carboxylic acids is 1. The fourth-order valence-electron chi connectivity index (χ4n) is 6.01. The third-order valence-corrected chi connectivity index (χ3v) is 8.24. The van der Waals surface area contributed by atoms with Gasteiger partial charge in [-0.1, -0.05) is 36.4 Å². The summed E-state index contributed by atoms with van der Waals surface area (Å²) in [5.41, 5.74) is 7.69. The average Bonchev–Trinajstić information content (AvgIpc) is 3.03. The molecule has 0 bridgehead atoms. The number of nitrogens with one attached hydrogen (secondary N) is 1. The van der Waals surface area contributed by atoms with Gasteiger partial charge in [-0.3, -0.25) is 19.9 Å². The van der Waals surface area contributed by atoms with Crippen LogP contribution in [0.15, 0.2) is 95.5 Å². The second kappa shape index (κ2) is 13.9. The first-order valence-corrected chi connectivity index (χ1v) is 14.6. The molecule has 0 aliphatic carbocycles. The fraction of sp³-hybridized carbons (Fsp3) is 0.273. The van der Waals surface area contributed by atoms with Crippen LogP contribution in [0.3, 0.4) is 0 Å². The van der Waals surface area contributed by atoms with Gasteiger partial charge in [-0.25, -0.2) is 18.4 Å². The quantitative estimate of drug-likeness (QED) is 0.170. The van der Waals surface area contributed by atoms with Crippen molar-refractivity contribution in [1.29, 1.82) is 0 Å². The summed E-state index contributed by atoms with van der Waals surface area (Å²) in [5, 5.41) is 24.1. The van der Waals surface area contributed by atoms with Crippen LogP contribution in [0.4, 0.5) is 14.5 Å². The summed E-state index contributed by atoms with van der Waals surface area (Å²) in [6, 6.07) is 17.7. The zero-order chi connectivity index (χ0) is 33.0. The average molecular weight is 634 g/mol. The summed E-state index contributed by atoms with van der Waals surface area (Å²) in [4.78, 5) is 40.8. The van der Waals surface area contributed by atoms with Crippen LogP contribution in [0.1, 0.15) is 35.6 Å². The summed E-state index contributed by atoms with van der Waals surface area (Å²) in [7, 11) is 0. The van der Waals surface area contributed by atoms with Gasteiger partial charge in [0, 0.05) is 50.6 Å². The highest BCUT2D eigenvalue weighted by molar-refractivity contribution is 5.99. The lowest BCUT2D eigenvalue weighted by Gasteiger charge is -2.39. The van der Waals surface area contributed by atoms with Gasteiger partial charge in [-0.2, -0.15) is 0 Å². The van der Waals surface area contributed by atoms with Gasteiger partial charge in [0.05, 0.1) is 28.0 Å². The van der Waals surface area contributed by atoms with Crippen LogP contribution < -0.4 is 11.1 Å². The van der Waals surface area contributed by atoms with E-state index in [2.05, 4.69) is 15.1 Å². The monoisotopic (exact) mass is 633 g/mol. The number of nitro benzene ring substituents is 1. The van der Waals surface area contributed by atoms with E-state index in [0.29, 0.717) is 32.7 Å². The topological polar surface area (TPSA) is 151 Å². The lowest BCUT2D eigenvalue weighted by molar-refractivity contribution is -0.384. The number of benzene rings is 3. The Morgan fingerprint density at radius 3 is 2.13 bits per heavy atom. The number of carboxylic acids is 1. The molecule has 3 aromatic carbocycles. The Labute approximate surface area is 263 Å². The normalized spacial score (nSPS) is 17.6. The number of halogens is 2. The Balaban J connectivity index is 1.25. The number of hydrogen-bond acceptors (Lipinski definition) is 9. The molecule has 13 heteroatoms. The highest BCUT2D eigenvalue weighted by Crippen LogP contribution is 2.39. The molecule has 240 valence electrons. The predicted octanol–water partition coefficient (Wildman–Crippen LogP) is 4.04. The molecule has 2 aliphatic rings. The smallest absolute Gasteiger partial charge is 0.336 e. The van der Waals surface area contributed by atoms with E-state index in [0.717, 1.165) is 11.1 Å². The highest BCUT2D eigenvalue weighted by atomic mass is 19.1. The molecule has 0 radical (unpaired) electrons. The molecule has 2 heterocycles. The van der Waals surface area contributed by atoms with Crippen LogP contribution >= 0.6 is 0 Å². The van der Waals surface area contributed by atoms with E-state index in [1.165, 1.54) is 48.5 Å². The zero-order valence-electron chi connectivity index (χ0n) is 25.0. The number of carboxylic acid groups (broad SMARTS) is 1. The third-order valence-electron chi connectivity index (χ3n) is 8.24. The van der Waals surface area contributed by atoms with Gasteiger partial charge < -0.3 is 20.9 Å². The maximum Gasteiger partial charge on any atom is 0.336 e. The number of hydrogen-bond donors (Lipinski definition) is 3. The molecule has 4 N–H and O–H groups in total. The molecule has 46 heavy (non-hydrogen) atoms. The van der Waals surface area contributed by atoms with Gasteiger partial charge in [-0.05, 0) is 47.9 Å². The van der Waals surface area contributed by atoms with Crippen molar-refractivity contribution in [3.8, 4) is 0 Å². The SMILES string of the molecule is CC1=C(C(=O)OCCN2CCN(C(c3ccc(F)cc3)c3ccc(F)cc3)CC2)C(c2cccc([N+](=O)[O-])c2)C(C(=O)O)=C(N)N1. The van der Waals surface area contributed by atoms with Crippen LogP contribution in [0.25, 0.3) is 0 Å². The molecule has 2 aliphatic heterocycles. The number of non-ortho nitro benzene ring substituents is 1. The number of nitrogens with zero attached hydrogens (tertiary/aromatic N) is 3. The molecule has 11 nitrogen and oxygen atoms in total. The Hall–Kier alpha value is -5.14. The number of piperazine rings is 1. The van der Waals surface area contributed by atoms with Gasteiger partial charge in [-0.15, -0.1) is 0 Å². The number of nitrogens with two attached hydrogens (primary N) is 1. The van der Waals surface area contributed by atoms with Crippen molar-refractivity contribution in [1.82, 2.24) is 15.1 Å². The van der Waals surface area contributed by atoms with Crippen LogP contribution in [0, 0.1) is 21.7 Å². The second-order valence-electron chi connectivity index (χ2n) is 11.1. The summed E-state index contributed by atoms with van der Waals surface area (Å²) >= 11 is 0. The minimum Gasteiger partial charge on any atom is -0.478 e. The maximum absolute atomic E-state index is 13.7. The first-order valence-electron chi connectivity index (χ1n) is 14.6. The van der Waals surface area contributed by atoms with Gasteiger partial charge in [0.2, 0.25) is 0 Å². The van der Waals surface area contributed by atoms with Gasteiger partial charge in [0.25, 0.3) is 5.69 Å². The number of ether oxygens (including phenoxy) is 1. The molecular formula is C33H33F2N5O6. The minimum absolute atomic E-state index is 0.00152. The number of rotatable bonds is 10. The van der Waals surface area contributed by atoms with Gasteiger partial charge in [0.1, 0.15) is 24.1 Å². The number of carbonyl (C=O) groups is 2. The van der Waals surface area contributed by atoms with Gasteiger partial charge >= 0.3 is 11.9 Å². The number of esters is 1. The number of dihydropyridines is 1. The summed E-state index contributed by atoms with van der Waals surface area (Å²) in [6.45, 7) is 4.53. The molecule has 1 atom stereocenters. The van der Waals surface area contributed by atoms with Crippen molar-refractivity contribution in [3.63, 3.8) is 0 Å². The van der Waals surface area contributed by atoms with Crippen molar-refractivity contribution in [2.45, 2.75) is 18.9 Å². The Morgan fingerprint density at radius 2 is 1.59 bits per heavy atom. The lowest BCUT2D eigenvalue weighted by atomic mass is 9.81. The summed E-state index contributed by atoms with van der Waals surface area (Å²) in [5.74, 6) is -4.19. The van der Waals surface area contributed by atoms with Crippen LogP contribution in [0.5, 0.6) is 0 Å². The van der Waals surface area contributed by atoms with Crippen molar-refractivity contribution in [2.24, 2.45) is 5.73 Å². The maximum atomic E-state index is 13.7. The molecule has 1 unspecified atom stereocenters. The molecule has 1 saturated heterocycles. The summed E-state index contributed by atoms with van der Waals surface area (Å²) in [6.07, 6.45) is 0. The molecule has 0 amide bonds. The molecular weight excluding hydrogens is 600 g/mol. The van der Waals surface area contributed by atoms with E-state index in [-0.39, 0.29) is 58.2 Å². The molecule has 0 aromatic heterocycles. The van der Waals surface area contributed by atoms with Crippen LogP contribution in [-0.4, -0.2) is 71.1 Å². The number of carbonyl (C=O) groups excluding carboxylic acids is 1. The molecule has 3 aromatic rings. The molecule has 0 spiro atoms. The zero-order valence-corrected chi connectivity index (χ0v) is 25.0. The van der Waals surface area contributed by atoms with Gasteiger partial charge in [0.15, 0.2) is 0 Å². The Kier molecular flexibility index (Phi) is 9.73. The first-order chi connectivity index (χ1) is 22.0. The van der Waals surface area contributed by atoms with E-state index in [4.69, 9.17) is 10.5 Å². The van der Waals surface area contributed by atoms with E-state index in [1.807, 2.05) is 0 Å². The van der Waals surface area contributed by atoms with E-state index in [9.17, 15) is 33.6 Å². The molecule has 1 fully saturated rings. The molecule has 5 rings (SSSR count). The largest absolute Gasteiger partial charge is 0.478 e. The predicted molar refractivity (Wildman–Crippen MR) is 164 cm³/mol. The lowest BCUT2D eigenvalue weighted by Crippen LogP contribution is -2.48. The Bertz CT molecular complexity index is 1640. The highest BCUT2D eigenvalue weighted by Gasteiger charge is 2.38.